The third-order valence-corrected chi connectivity index (χ3v) is 6.51. The fourth-order valence-corrected chi connectivity index (χ4v) is 4.00. The standard InChI is InChI=1S/C29H41N5O6/c1-18(2)25(31)28(38)32-22(10-6-7-15-30)26(36)33-23(16-19-8-4-3-5-9-19)27(37)34-24(29(39)40)17-20-11-13-21(35)14-12-20/h3-5,8-9,11-14,18,22-25,35H,6-7,10,15-17,30-31H2,1-2H3,(H,32,38)(H,33,36)(H,34,37)(H,39,40). The van der Waals surface area contributed by atoms with Crippen LogP contribution in [0, 0.1) is 5.92 Å². The highest BCUT2D eigenvalue weighted by Crippen LogP contribution is 2.12. The molecule has 218 valence electrons. The summed E-state index contributed by atoms with van der Waals surface area (Å²) in [6.45, 7) is 4.01. The van der Waals surface area contributed by atoms with E-state index >= 15 is 0 Å². The Labute approximate surface area is 234 Å². The van der Waals surface area contributed by atoms with Crippen LogP contribution in [-0.4, -0.2) is 64.6 Å². The first-order valence-electron chi connectivity index (χ1n) is 13.4. The summed E-state index contributed by atoms with van der Waals surface area (Å²) in [6, 6.07) is 10.8. The van der Waals surface area contributed by atoms with Crippen LogP contribution in [0.5, 0.6) is 5.75 Å². The number of nitrogens with one attached hydrogen (secondary N) is 3. The molecule has 0 aliphatic heterocycles. The van der Waals surface area contributed by atoms with Crippen molar-refractivity contribution in [3.63, 3.8) is 0 Å². The van der Waals surface area contributed by atoms with Gasteiger partial charge in [-0.15, -0.1) is 0 Å². The molecule has 11 heteroatoms. The lowest BCUT2D eigenvalue weighted by Gasteiger charge is -2.26. The number of carbonyl (C=O) groups excluding carboxylic acids is 3. The summed E-state index contributed by atoms with van der Waals surface area (Å²) in [5.74, 6) is -3.11. The number of rotatable bonds is 16. The van der Waals surface area contributed by atoms with Gasteiger partial charge < -0.3 is 37.6 Å². The van der Waals surface area contributed by atoms with Gasteiger partial charge in [-0.2, -0.15) is 0 Å². The molecule has 9 N–H and O–H groups in total. The number of carboxylic acid groups (broad SMARTS) is 1. The SMILES string of the molecule is CC(C)C(N)C(=O)NC(CCCCN)C(=O)NC(Cc1ccccc1)C(=O)NC(Cc1ccc(O)cc1)C(=O)O. The van der Waals surface area contributed by atoms with Gasteiger partial charge in [0.05, 0.1) is 6.04 Å². The maximum atomic E-state index is 13.4. The molecule has 0 bridgehead atoms. The summed E-state index contributed by atoms with van der Waals surface area (Å²) in [4.78, 5) is 51.4. The Morgan fingerprint density at radius 2 is 1.27 bits per heavy atom. The van der Waals surface area contributed by atoms with Crippen molar-refractivity contribution in [2.24, 2.45) is 17.4 Å². The summed E-state index contributed by atoms with van der Waals surface area (Å²) >= 11 is 0. The van der Waals surface area contributed by atoms with Crippen molar-refractivity contribution in [1.82, 2.24) is 16.0 Å². The minimum Gasteiger partial charge on any atom is -0.508 e. The molecule has 0 spiro atoms. The molecule has 0 radical (unpaired) electrons. The minimum absolute atomic E-state index is 0.0295. The first-order valence-corrected chi connectivity index (χ1v) is 13.4. The normalized spacial score (nSPS) is 14.0. The quantitative estimate of drug-likeness (QED) is 0.148. The molecule has 2 rings (SSSR count). The van der Waals surface area contributed by atoms with Crippen LogP contribution < -0.4 is 27.4 Å². The molecule has 11 nitrogen and oxygen atoms in total. The average molecular weight is 556 g/mol. The lowest BCUT2D eigenvalue weighted by Crippen LogP contribution is -2.58. The molecule has 4 atom stereocenters. The van der Waals surface area contributed by atoms with Crippen molar-refractivity contribution < 1.29 is 29.4 Å². The smallest absolute Gasteiger partial charge is 0.326 e. The minimum atomic E-state index is -1.28. The third kappa shape index (κ3) is 10.7. The van der Waals surface area contributed by atoms with Gasteiger partial charge in [0.15, 0.2) is 0 Å². The van der Waals surface area contributed by atoms with E-state index in [2.05, 4.69) is 16.0 Å². The zero-order chi connectivity index (χ0) is 29.7. The number of hydrogen-bond donors (Lipinski definition) is 7. The van der Waals surface area contributed by atoms with Crippen LogP contribution in [0.15, 0.2) is 54.6 Å². The zero-order valence-electron chi connectivity index (χ0n) is 23.0. The molecule has 4 unspecified atom stereocenters. The predicted octanol–water partition coefficient (Wildman–Crippen LogP) is 0.829. The molecular formula is C29H41N5O6. The number of phenols is 1. The number of aromatic hydroxyl groups is 1. The lowest BCUT2D eigenvalue weighted by molar-refractivity contribution is -0.142. The van der Waals surface area contributed by atoms with E-state index in [4.69, 9.17) is 11.5 Å². The van der Waals surface area contributed by atoms with Crippen LogP contribution in [-0.2, 0) is 32.0 Å². The van der Waals surface area contributed by atoms with E-state index < -0.39 is 47.9 Å². The molecule has 0 aromatic heterocycles. The highest BCUT2D eigenvalue weighted by molar-refractivity contribution is 5.94. The van der Waals surface area contributed by atoms with Gasteiger partial charge in [0.1, 0.15) is 23.9 Å². The van der Waals surface area contributed by atoms with Gasteiger partial charge in [-0.25, -0.2) is 4.79 Å². The van der Waals surface area contributed by atoms with Crippen molar-refractivity contribution >= 4 is 23.7 Å². The molecule has 0 aliphatic carbocycles. The molecule has 0 heterocycles. The molecule has 2 aromatic rings. The Morgan fingerprint density at radius 1 is 0.750 bits per heavy atom. The summed E-state index contributed by atoms with van der Waals surface area (Å²) < 4.78 is 0. The van der Waals surface area contributed by atoms with Crippen LogP contribution in [0.25, 0.3) is 0 Å². The number of nitrogens with two attached hydrogens (primary N) is 2. The Kier molecular flexibility index (Phi) is 13.1. The highest BCUT2D eigenvalue weighted by Gasteiger charge is 2.31. The number of aliphatic carboxylic acids is 1. The first-order chi connectivity index (χ1) is 19.0. The molecule has 40 heavy (non-hydrogen) atoms. The van der Waals surface area contributed by atoms with Crippen molar-refractivity contribution in [2.45, 2.75) is 70.1 Å². The fraction of sp³-hybridized carbons (Fsp3) is 0.448. The average Bonchev–Trinajstić information content (AvgIpc) is 2.92. The van der Waals surface area contributed by atoms with E-state index in [9.17, 15) is 29.4 Å². The van der Waals surface area contributed by atoms with Crippen molar-refractivity contribution in [3.05, 3.63) is 65.7 Å². The second kappa shape index (κ2) is 16.2. The van der Waals surface area contributed by atoms with Crippen molar-refractivity contribution in [3.8, 4) is 5.75 Å². The Bertz CT molecular complexity index is 1110. The molecule has 0 saturated heterocycles. The predicted molar refractivity (Wildman–Crippen MR) is 151 cm³/mol. The lowest BCUT2D eigenvalue weighted by atomic mass is 10.0. The number of benzene rings is 2. The molecule has 2 aromatic carbocycles. The second-order valence-electron chi connectivity index (χ2n) is 10.1. The van der Waals surface area contributed by atoms with Gasteiger partial charge in [-0.05, 0) is 55.0 Å². The monoisotopic (exact) mass is 555 g/mol. The largest absolute Gasteiger partial charge is 0.508 e. The van der Waals surface area contributed by atoms with Gasteiger partial charge in [0.25, 0.3) is 0 Å². The maximum Gasteiger partial charge on any atom is 0.326 e. The van der Waals surface area contributed by atoms with E-state index in [0.717, 1.165) is 5.56 Å². The summed E-state index contributed by atoms with van der Waals surface area (Å²) in [6.07, 6.45) is 1.56. The van der Waals surface area contributed by atoms with Crippen LogP contribution in [0.4, 0.5) is 0 Å². The van der Waals surface area contributed by atoms with Crippen LogP contribution in [0.3, 0.4) is 0 Å². The van der Waals surface area contributed by atoms with E-state index in [-0.39, 0.29) is 30.9 Å². The zero-order valence-corrected chi connectivity index (χ0v) is 23.0. The number of carboxylic acids is 1. The Morgan fingerprint density at radius 3 is 1.85 bits per heavy atom. The summed E-state index contributed by atoms with van der Waals surface area (Å²) in [5.41, 5.74) is 12.9. The van der Waals surface area contributed by atoms with E-state index in [1.807, 2.05) is 6.07 Å². The molecule has 0 aliphatic rings. The number of unbranched alkanes of at least 4 members (excludes halogenated alkanes) is 1. The van der Waals surface area contributed by atoms with Gasteiger partial charge in [0, 0.05) is 12.8 Å². The molecular weight excluding hydrogens is 514 g/mol. The van der Waals surface area contributed by atoms with Crippen LogP contribution >= 0.6 is 0 Å². The summed E-state index contributed by atoms with van der Waals surface area (Å²) in [7, 11) is 0. The third-order valence-electron chi connectivity index (χ3n) is 6.51. The molecule has 0 saturated carbocycles. The van der Waals surface area contributed by atoms with Gasteiger partial charge in [-0.1, -0.05) is 56.3 Å². The van der Waals surface area contributed by atoms with Crippen LogP contribution in [0.2, 0.25) is 0 Å². The van der Waals surface area contributed by atoms with Gasteiger partial charge >= 0.3 is 5.97 Å². The van der Waals surface area contributed by atoms with E-state index in [0.29, 0.717) is 24.9 Å². The van der Waals surface area contributed by atoms with E-state index in [1.54, 1.807) is 50.2 Å². The van der Waals surface area contributed by atoms with Gasteiger partial charge in [0.2, 0.25) is 17.7 Å². The van der Waals surface area contributed by atoms with Crippen molar-refractivity contribution in [1.29, 1.82) is 0 Å². The second-order valence-corrected chi connectivity index (χ2v) is 10.1. The Hall–Kier alpha value is -3.96. The number of phenolic OH excluding ortho intramolecular Hbond substituents is 1. The topological polar surface area (TPSA) is 197 Å². The molecule has 3 amide bonds. The van der Waals surface area contributed by atoms with Crippen LogP contribution in [0.1, 0.15) is 44.2 Å². The highest BCUT2D eigenvalue weighted by atomic mass is 16.4. The number of amides is 3. The van der Waals surface area contributed by atoms with E-state index in [1.165, 1.54) is 12.1 Å². The first kappa shape index (κ1) is 32.3. The summed E-state index contributed by atoms with van der Waals surface area (Å²) in [5, 5.41) is 27.2. The number of carbonyl (C=O) groups is 4. The van der Waals surface area contributed by atoms with Crippen molar-refractivity contribution in [2.75, 3.05) is 6.54 Å². The number of hydrogen-bond acceptors (Lipinski definition) is 7. The fourth-order valence-electron chi connectivity index (χ4n) is 4.00. The Balaban J connectivity index is 2.25. The maximum absolute atomic E-state index is 13.4. The van der Waals surface area contributed by atoms with Gasteiger partial charge in [-0.3, -0.25) is 14.4 Å². The molecule has 0 fully saturated rings.